The molecule has 256 valence electrons. The molecule has 2 aromatic rings. The summed E-state index contributed by atoms with van der Waals surface area (Å²) >= 11 is 0. The number of piperidine rings is 2. The normalized spacial score (nSPS) is 24.3. The molecule has 0 atom stereocenters. The molecule has 0 spiro atoms. The number of halogens is 1. The third-order valence-corrected chi connectivity index (χ3v) is 10.4. The van der Waals surface area contributed by atoms with Crippen molar-refractivity contribution in [1.82, 2.24) is 39.8 Å². The fourth-order valence-electron chi connectivity index (χ4n) is 7.76. The van der Waals surface area contributed by atoms with Crippen LogP contribution in [0.1, 0.15) is 68.6 Å². The van der Waals surface area contributed by atoms with Crippen molar-refractivity contribution >= 4 is 35.8 Å². The van der Waals surface area contributed by atoms with Gasteiger partial charge in [-0.15, -0.1) is 12.4 Å². The average Bonchev–Trinajstić information content (AvgIpc) is 3.47. The van der Waals surface area contributed by atoms with E-state index < -0.39 is 5.97 Å². The smallest absolute Gasteiger partial charge is 0.343 e. The van der Waals surface area contributed by atoms with E-state index in [2.05, 4.69) is 45.7 Å². The van der Waals surface area contributed by atoms with Gasteiger partial charge in [0, 0.05) is 70.8 Å². The summed E-state index contributed by atoms with van der Waals surface area (Å²) in [4.78, 5) is 30.0. The second kappa shape index (κ2) is 17.1. The average molecular weight is 659 g/mol. The lowest BCUT2D eigenvalue weighted by molar-refractivity contribution is 0.0526. The molecule has 3 aliphatic heterocycles. The summed E-state index contributed by atoms with van der Waals surface area (Å²) in [6.07, 6.45) is 15.0. The van der Waals surface area contributed by atoms with E-state index in [0.29, 0.717) is 30.0 Å². The van der Waals surface area contributed by atoms with Crippen LogP contribution in [0.2, 0.25) is 0 Å². The van der Waals surface area contributed by atoms with E-state index in [4.69, 9.17) is 4.74 Å². The Kier molecular flexibility index (Phi) is 12.9. The molecule has 0 amide bonds. The minimum atomic E-state index is -0.401. The molecule has 13 heteroatoms. The maximum absolute atomic E-state index is 12.7. The number of likely N-dealkylation sites (tertiary alicyclic amines) is 1. The summed E-state index contributed by atoms with van der Waals surface area (Å²) in [5.74, 6) is 2.33. The summed E-state index contributed by atoms with van der Waals surface area (Å²) < 4.78 is 7.01. The number of piperazine rings is 1. The Bertz CT molecular complexity index is 1220. The van der Waals surface area contributed by atoms with Crippen LogP contribution in [0.3, 0.4) is 0 Å². The Hall–Kier alpha value is -2.51. The Morgan fingerprint density at radius 3 is 2.24 bits per heavy atom. The maximum atomic E-state index is 12.7. The van der Waals surface area contributed by atoms with E-state index >= 15 is 0 Å². The highest BCUT2D eigenvalue weighted by molar-refractivity contribution is 5.94. The molecule has 1 saturated carbocycles. The molecule has 0 aromatic carbocycles. The zero-order chi connectivity index (χ0) is 31.0. The maximum Gasteiger partial charge on any atom is 0.343 e. The van der Waals surface area contributed by atoms with Crippen LogP contribution < -0.4 is 16.0 Å². The summed E-state index contributed by atoms with van der Waals surface area (Å²) in [5, 5.41) is 14.5. The van der Waals surface area contributed by atoms with Crippen molar-refractivity contribution in [2.45, 2.75) is 70.4 Å². The van der Waals surface area contributed by atoms with Crippen molar-refractivity contribution in [3.8, 4) is 0 Å². The standard InChI is InChI=1S/C33H54N10O2.ClH/c1-3-45-32(44)30-21-35-33(38-28-20-36-40(2)24-28)39-31(30)37-27-4-6-29(7-5-27)43-18-16-42(17-19-43)23-26-10-14-41(15-11-26)22-25-8-12-34-13-9-25;/h20-21,24-27,29,34H,3-19,22-23H2,1-2H3,(H2,35,37,38,39);1H. The molecule has 4 aliphatic rings. The SMILES string of the molecule is CCOC(=O)c1cnc(Nc2cnn(C)c2)nc1NC1CCC(N2CCN(CC3CCN(CC4CCNCC4)CC3)CC2)CC1.Cl. The summed E-state index contributed by atoms with van der Waals surface area (Å²) in [7, 11) is 1.86. The lowest BCUT2D eigenvalue weighted by Gasteiger charge is -2.43. The molecule has 5 heterocycles. The van der Waals surface area contributed by atoms with Crippen molar-refractivity contribution in [3.63, 3.8) is 0 Å². The Balaban J connectivity index is 0.00000417. The second-order valence-electron chi connectivity index (χ2n) is 13.6. The van der Waals surface area contributed by atoms with Gasteiger partial charge in [-0.2, -0.15) is 10.1 Å². The molecule has 2 aromatic heterocycles. The molecular formula is C33H55ClN10O2. The van der Waals surface area contributed by atoms with Crippen LogP contribution in [0.4, 0.5) is 17.5 Å². The van der Waals surface area contributed by atoms with Crippen LogP contribution in [0.5, 0.6) is 0 Å². The van der Waals surface area contributed by atoms with Gasteiger partial charge in [0.15, 0.2) is 0 Å². The lowest BCUT2D eigenvalue weighted by Crippen LogP contribution is -2.53. The van der Waals surface area contributed by atoms with Crippen LogP contribution in [0.15, 0.2) is 18.6 Å². The summed E-state index contributed by atoms with van der Waals surface area (Å²) in [6.45, 7) is 14.5. The number of nitrogens with one attached hydrogen (secondary N) is 3. The number of anilines is 3. The first-order valence-corrected chi connectivity index (χ1v) is 17.5. The predicted molar refractivity (Wildman–Crippen MR) is 184 cm³/mol. The number of hydrogen-bond donors (Lipinski definition) is 3. The van der Waals surface area contributed by atoms with Crippen molar-refractivity contribution in [1.29, 1.82) is 0 Å². The highest BCUT2D eigenvalue weighted by Gasteiger charge is 2.31. The summed E-state index contributed by atoms with van der Waals surface area (Å²) in [5.41, 5.74) is 1.17. The first-order chi connectivity index (χ1) is 22.0. The predicted octanol–water partition coefficient (Wildman–Crippen LogP) is 3.60. The van der Waals surface area contributed by atoms with Crippen LogP contribution in [0.25, 0.3) is 0 Å². The minimum absolute atomic E-state index is 0. The minimum Gasteiger partial charge on any atom is -0.462 e. The molecule has 46 heavy (non-hydrogen) atoms. The molecular weight excluding hydrogens is 604 g/mol. The third-order valence-electron chi connectivity index (χ3n) is 10.4. The van der Waals surface area contributed by atoms with Crippen LogP contribution in [0, 0.1) is 11.8 Å². The number of ether oxygens (including phenoxy) is 1. The number of carbonyl (C=O) groups excluding carboxylic acids is 1. The molecule has 6 rings (SSSR count). The molecule has 3 saturated heterocycles. The highest BCUT2D eigenvalue weighted by atomic mass is 35.5. The molecule has 0 unspecified atom stereocenters. The monoisotopic (exact) mass is 658 g/mol. The zero-order valence-electron chi connectivity index (χ0n) is 27.8. The molecule has 1 aliphatic carbocycles. The van der Waals surface area contributed by atoms with E-state index in [1.54, 1.807) is 17.1 Å². The molecule has 4 fully saturated rings. The van der Waals surface area contributed by atoms with E-state index in [-0.39, 0.29) is 18.4 Å². The largest absolute Gasteiger partial charge is 0.462 e. The van der Waals surface area contributed by atoms with Crippen LogP contribution >= 0.6 is 12.4 Å². The van der Waals surface area contributed by atoms with Gasteiger partial charge in [-0.1, -0.05) is 0 Å². The van der Waals surface area contributed by atoms with Gasteiger partial charge in [0.1, 0.15) is 11.4 Å². The fourth-order valence-corrected chi connectivity index (χ4v) is 7.76. The van der Waals surface area contributed by atoms with Crippen molar-refractivity contribution < 1.29 is 9.53 Å². The van der Waals surface area contributed by atoms with Gasteiger partial charge >= 0.3 is 5.97 Å². The van der Waals surface area contributed by atoms with Gasteiger partial charge in [-0.25, -0.2) is 9.78 Å². The quantitative estimate of drug-likeness (QED) is 0.308. The van der Waals surface area contributed by atoms with Gasteiger partial charge in [-0.3, -0.25) is 9.58 Å². The number of hydrogen-bond acceptors (Lipinski definition) is 11. The second-order valence-corrected chi connectivity index (χ2v) is 13.6. The van der Waals surface area contributed by atoms with Gasteiger partial charge in [0.2, 0.25) is 5.95 Å². The number of aromatic nitrogens is 4. The van der Waals surface area contributed by atoms with E-state index in [0.717, 1.165) is 43.2 Å². The van der Waals surface area contributed by atoms with Crippen molar-refractivity contribution in [2.24, 2.45) is 18.9 Å². The van der Waals surface area contributed by atoms with Crippen LogP contribution in [-0.4, -0.2) is 125 Å². The Morgan fingerprint density at radius 1 is 0.913 bits per heavy atom. The number of rotatable bonds is 11. The van der Waals surface area contributed by atoms with Gasteiger partial charge < -0.3 is 30.5 Å². The van der Waals surface area contributed by atoms with E-state index in [1.807, 2.05) is 20.2 Å². The number of carbonyl (C=O) groups is 1. The zero-order valence-corrected chi connectivity index (χ0v) is 28.6. The molecule has 0 radical (unpaired) electrons. The number of aryl methyl sites for hydroxylation is 1. The van der Waals surface area contributed by atoms with Gasteiger partial charge in [0.25, 0.3) is 0 Å². The van der Waals surface area contributed by atoms with Gasteiger partial charge in [0.05, 0.1) is 18.5 Å². The van der Waals surface area contributed by atoms with Gasteiger partial charge in [-0.05, 0) is 96.3 Å². The van der Waals surface area contributed by atoms with E-state index in [1.165, 1.54) is 91.1 Å². The van der Waals surface area contributed by atoms with Crippen molar-refractivity contribution in [3.05, 3.63) is 24.2 Å². The lowest BCUT2D eigenvalue weighted by atomic mass is 9.89. The number of nitrogens with zero attached hydrogens (tertiary/aromatic N) is 7. The Morgan fingerprint density at radius 2 is 1.59 bits per heavy atom. The highest BCUT2D eigenvalue weighted by Crippen LogP contribution is 2.29. The number of esters is 1. The van der Waals surface area contributed by atoms with Crippen LogP contribution in [-0.2, 0) is 11.8 Å². The first-order valence-electron chi connectivity index (χ1n) is 17.5. The first kappa shape index (κ1) is 34.8. The third kappa shape index (κ3) is 9.53. The molecule has 0 bridgehead atoms. The Labute approximate surface area is 280 Å². The topological polar surface area (TPSA) is 116 Å². The van der Waals surface area contributed by atoms with E-state index in [9.17, 15) is 4.79 Å². The molecule has 12 nitrogen and oxygen atoms in total. The van der Waals surface area contributed by atoms with Crippen molar-refractivity contribution in [2.75, 3.05) is 82.7 Å². The molecule has 3 N–H and O–H groups in total. The summed E-state index contributed by atoms with van der Waals surface area (Å²) in [6, 6.07) is 0.902. The fraction of sp³-hybridized carbons (Fsp3) is 0.758.